The summed E-state index contributed by atoms with van der Waals surface area (Å²) >= 11 is 5.37. The first kappa shape index (κ1) is 10.5. The van der Waals surface area contributed by atoms with Crippen molar-refractivity contribution in [2.24, 2.45) is 5.73 Å². The minimum Gasteiger partial charge on any atom is -0.504 e. The van der Waals surface area contributed by atoms with E-state index in [9.17, 15) is 14.0 Å². The summed E-state index contributed by atoms with van der Waals surface area (Å²) < 4.78 is 13.1. The standard InChI is InChI=1S/C8H5ClFNO3/c9-5-4(8(11)14)1-3(2-12)7(13)6(5)10/h1-2,13H,(H2,11,14). The third kappa shape index (κ3) is 1.54. The predicted octanol–water partition coefficient (Wildman–Crippen LogP) is 1.10. The van der Waals surface area contributed by atoms with Gasteiger partial charge in [-0.15, -0.1) is 0 Å². The van der Waals surface area contributed by atoms with Crippen LogP contribution in [0.25, 0.3) is 0 Å². The van der Waals surface area contributed by atoms with Gasteiger partial charge in [0.2, 0.25) is 5.91 Å². The summed E-state index contributed by atoms with van der Waals surface area (Å²) in [5.41, 5.74) is 4.15. The molecule has 74 valence electrons. The second-order valence-corrected chi connectivity index (χ2v) is 2.85. The van der Waals surface area contributed by atoms with Crippen molar-refractivity contribution < 1.29 is 19.1 Å². The molecule has 1 amide bonds. The molecule has 1 aromatic carbocycles. The topological polar surface area (TPSA) is 80.4 Å². The highest BCUT2D eigenvalue weighted by molar-refractivity contribution is 6.34. The minimum atomic E-state index is -1.23. The first-order valence-corrected chi connectivity index (χ1v) is 3.82. The van der Waals surface area contributed by atoms with E-state index in [0.29, 0.717) is 0 Å². The number of rotatable bonds is 2. The number of phenols is 1. The molecule has 0 aliphatic rings. The molecular weight excluding hydrogens is 213 g/mol. The smallest absolute Gasteiger partial charge is 0.250 e. The number of aromatic hydroxyl groups is 1. The molecule has 1 rings (SSSR count). The summed E-state index contributed by atoms with van der Waals surface area (Å²) in [6, 6.07) is 0.927. The fraction of sp³-hybridized carbons (Fsp3) is 0. The number of halogens is 2. The number of hydrogen-bond donors (Lipinski definition) is 2. The van der Waals surface area contributed by atoms with E-state index in [2.05, 4.69) is 0 Å². The van der Waals surface area contributed by atoms with Gasteiger partial charge >= 0.3 is 0 Å². The van der Waals surface area contributed by atoms with Gasteiger partial charge in [-0.1, -0.05) is 11.6 Å². The van der Waals surface area contributed by atoms with Crippen LogP contribution in [0.2, 0.25) is 5.02 Å². The van der Waals surface area contributed by atoms with Gasteiger partial charge in [0.05, 0.1) is 16.1 Å². The molecular formula is C8H5ClFNO3. The number of benzene rings is 1. The number of aldehydes is 1. The minimum absolute atomic E-state index is 0.196. The lowest BCUT2D eigenvalue weighted by Gasteiger charge is -2.05. The summed E-state index contributed by atoms with van der Waals surface area (Å²) in [6.45, 7) is 0. The predicted molar refractivity (Wildman–Crippen MR) is 47.0 cm³/mol. The van der Waals surface area contributed by atoms with Crippen LogP contribution in [0.4, 0.5) is 4.39 Å². The second kappa shape index (κ2) is 3.63. The summed E-state index contributed by atoms with van der Waals surface area (Å²) in [5.74, 6) is -3.10. The molecule has 3 N–H and O–H groups in total. The van der Waals surface area contributed by atoms with Crippen LogP contribution in [0.1, 0.15) is 20.7 Å². The van der Waals surface area contributed by atoms with E-state index in [-0.39, 0.29) is 17.4 Å². The number of carbonyl (C=O) groups excluding carboxylic acids is 2. The number of phenolic OH excluding ortho intramolecular Hbond substituents is 1. The zero-order chi connectivity index (χ0) is 10.9. The highest BCUT2D eigenvalue weighted by atomic mass is 35.5. The van der Waals surface area contributed by atoms with Crippen LogP contribution < -0.4 is 5.73 Å². The third-order valence-electron chi connectivity index (χ3n) is 1.60. The Morgan fingerprint density at radius 3 is 2.64 bits per heavy atom. The molecule has 0 radical (unpaired) electrons. The molecule has 0 heterocycles. The zero-order valence-corrected chi connectivity index (χ0v) is 7.51. The van der Waals surface area contributed by atoms with E-state index in [1.165, 1.54) is 0 Å². The van der Waals surface area contributed by atoms with Crippen molar-refractivity contribution in [1.29, 1.82) is 0 Å². The molecule has 6 heteroatoms. The van der Waals surface area contributed by atoms with Crippen molar-refractivity contribution in [3.63, 3.8) is 0 Å². The molecule has 0 unspecified atom stereocenters. The monoisotopic (exact) mass is 217 g/mol. The largest absolute Gasteiger partial charge is 0.504 e. The summed E-state index contributed by atoms with van der Waals surface area (Å²) in [7, 11) is 0. The molecule has 0 aliphatic carbocycles. The fourth-order valence-corrected chi connectivity index (χ4v) is 1.14. The normalized spacial score (nSPS) is 9.86. The van der Waals surface area contributed by atoms with Crippen molar-refractivity contribution in [2.75, 3.05) is 0 Å². The average Bonchev–Trinajstić information content (AvgIpc) is 2.14. The molecule has 0 atom stereocenters. The zero-order valence-electron chi connectivity index (χ0n) is 6.75. The van der Waals surface area contributed by atoms with Gasteiger partial charge in [0.15, 0.2) is 17.9 Å². The maximum absolute atomic E-state index is 13.1. The lowest BCUT2D eigenvalue weighted by Crippen LogP contribution is -2.13. The lowest BCUT2D eigenvalue weighted by atomic mass is 10.1. The number of hydrogen-bond acceptors (Lipinski definition) is 3. The Bertz CT molecular complexity index is 420. The molecule has 1 aromatic rings. The van der Waals surface area contributed by atoms with Gasteiger partial charge in [0, 0.05) is 0 Å². The summed E-state index contributed by atoms with van der Waals surface area (Å²) in [6.07, 6.45) is 0.196. The van der Waals surface area contributed by atoms with Crippen LogP contribution in [-0.4, -0.2) is 17.3 Å². The van der Waals surface area contributed by atoms with Crippen LogP contribution in [0.15, 0.2) is 6.07 Å². The van der Waals surface area contributed by atoms with Gasteiger partial charge in [-0.05, 0) is 6.07 Å². The maximum atomic E-state index is 13.1. The van der Waals surface area contributed by atoms with Gasteiger partial charge in [0.1, 0.15) is 0 Å². The average molecular weight is 218 g/mol. The summed E-state index contributed by atoms with van der Waals surface area (Å²) in [4.78, 5) is 21.1. The highest BCUT2D eigenvalue weighted by Crippen LogP contribution is 2.30. The van der Waals surface area contributed by atoms with E-state index in [1.54, 1.807) is 0 Å². The Morgan fingerprint density at radius 2 is 2.21 bits per heavy atom. The number of carbonyl (C=O) groups is 2. The second-order valence-electron chi connectivity index (χ2n) is 2.47. The number of primary amides is 1. The highest BCUT2D eigenvalue weighted by Gasteiger charge is 2.18. The van der Waals surface area contributed by atoms with Crippen LogP contribution in [0.5, 0.6) is 5.75 Å². The van der Waals surface area contributed by atoms with E-state index in [4.69, 9.17) is 22.4 Å². The molecule has 0 fully saturated rings. The van der Waals surface area contributed by atoms with Crippen LogP contribution in [0.3, 0.4) is 0 Å². The fourth-order valence-electron chi connectivity index (χ4n) is 0.905. The number of nitrogens with two attached hydrogens (primary N) is 1. The van der Waals surface area contributed by atoms with Crippen LogP contribution in [0, 0.1) is 5.82 Å². The first-order valence-electron chi connectivity index (χ1n) is 3.45. The van der Waals surface area contributed by atoms with E-state index < -0.39 is 22.5 Å². The van der Waals surface area contributed by atoms with Crippen LogP contribution >= 0.6 is 11.6 Å². The molecule has 4 nitrogen and oxygen atoms in total. The lowest BCUT2D eigenvalue weighted by molar-refractivity contribution is 0.1000. The van der Waals surface area contributed by atoms with Gasteiger partial charge in [-0.25, -0.2) is 4.39 Å². The van der Waals surface area contributed by atoms with Crippen molar-refractivity contribution in [3.8, 4) is 5.75 Å². The molecule has 14 heavy (non-hydrogen) atoms. The van der Waals surface area contributed by atoms with Crippen molar-refractivity contribution in [2.45, 2.75) is 0 Å². The molecule has 0 bridgehead atoms. The Labute approximate surface area is 83.1 Å². The van der Waals surface area contributed by atoms with Crippen molar-refractivity contribution in [1.82, 2.24) is 0 Å². The number of amides is 1. The van der Waals surface area contributed by atoms with Gasteiger partial charge in [-0.2, -0.15) is 0 Å². The Morgan fingerprint density at radius 1 is 1.64 bits per heavy atom. The molecule has 0 spiro atoms. The molecule has 0 aliphatic heterocycles. The molecule has 0 aromatic heterocycles. The van der Waals surface area contributed by atoms with E-state index >= 15 is 0 Å². The third-order valence-corrected chi connectivity index (χ3v) is 1.97. The summed E-state index contributed by atoms with van der Waals surface area (Å²) in [5, 5.41) is 8.45. The Kier molecular flexibility index (Phi) is 2.71. The molecule has 0 saturated heterocycles. The van der Waals surface area contributed by atoms with Gasteiger partial charge in [0.25, 0.3) is 0 Å². The maximum Gasteiger partial charge on any atom is 0.250 e. The van der Waals surface area contributed by atoms with Crippen molar-refractivity contribution >= 4 is 23.8 Å². The first-order chi connectivity index (χ1) is 6.49. The van der Waals surface area contributed by atoms with Crippen molar-refractivity contribution in [3.05, 3.63) is 28.0 Å². The quantitative estimate of drug-likeness (QED) is 0.728. The Balaban J connectivity index is 3.56. The van der Waals surface area contributed by atoms with Gasteiger partial charge < -0.3 is 10.8 Å². The SMILES string of the molecule is NC(=O)c1cc(C=O)c(O)c(F)c1Cl. The Hall–Kier alpha value is -1.62. The van der Waals surface area contributed by atoms with Gasteiger partial charge in [-0.3, -0.25) is 9.59 Å². The molecule has 0 saturated carbocycles. The van der Waals surface area contributed by atoms with E-state index in [0.717, 1.165) is 6.07 Å². The van der Waals surface area contributed by atoms with E-state index in [1.807, 2.05) is 0 Å². The van der Waals surface area contributed by atoms with Crippen LogP contribution in [-0.2, 0) is 0 Å².